The molecule has 1 aliphatic rings. The number of aromatic nitrogens is 1. The number of pyridine rings is 1. The summed E-state index contributed by atoms with van der Waals surface area (Å²) in [6.45, 7) is 4.42. The molecule has 1 atom stereocenters. The standard InChI is InChI=1S/C15H22ClN/c1-11-3-6-13(7-4-11)15(16)9-14-8-5-12(2)10-17-14/h5,8,10-11,13,15H,3-4,6-7,9H2,1-2H3. The molecule has 1 unspecified atom stereocenters. The van der Waals surface area contributed by atoms with Crippen molar-refractivity contribution >= 4 is 11.6 Å². The van der Waals surface area contributed by atoms with Gasteiger partial charge in [-0.2, -0.15) is 0 Å². The largest absolute Gasteiger partial charge is 0.261 e. The normalized spacial score (nSPS) is 26.8. The third-order valence-electron chi connectivity index (χ3n) is 3.95. The van der Waals surface area contributed by atoms with E-state index in [4.69, 9.17) is 11.6 Å². The quantitative estimate of drug-likeness (QED) is 0.727. The van der Waals surface area contributed by atoms with Gasteiger partial charge in [0.15, 0.2) is 0 Å². The first-order valence-electron chi connectivity index (χ1n) is 6.70. The van der Waals surface area contributed by atoms with Crippen LogP contribution in [-0.2, 0) is 6.42 Å². The third kappa shape index (κ3) is 3.70. The summed E-state index contributed by atoms with van der Waals surface area (Å²) < 4.78 is 0. The summed E-state index contributed by atoms with van der Waals surface area (Å²) in [4.78, 5) is 4.44. The number of nitrogens with zero attached hydrogens (tertiary/aromatic N) is 1. The van der Waals surface area contributed by atoms with Gasteiger partial charge in [0.05, 0.1) is 0 Å². The lowest BCUT2D eigenvalue weighted by Crippen LogP contribution is -2.23. The van der Waals surface area contributed by atoms with E-state index in [9.17, 15) is 0 Å². The maximum atomic E-state index is 6.54. The first-order valence-corrected chi connectivity index (χ1v) is 7.14. The smallest absolute Gasteiger partial charge is 0.0419 e. The van der Waals surface area contributed by atoms with E-state index in [1.807, 2.05) is 6.20 Å². The summed E-state index contributed by atoms with van der Waals surface area (Å²) in [6.07, 6.45) is 8.12. The van der Waals surface area contributed by atoms with Crippen LogP contribution in [0.1, 0.15) is 43.9 Å². The Bertz CT molecular complexity index is 338. The highest BCUT2D eigenvalue weighted by Gasteiger charge is 2.24. The number of halogens is 1. The SMILES string of the molecule is Cc1ccc(CC(Cl)C2CCC(C)CC2)nc1. The van der Waals surface area contributed by atoms with Crippen molar-refractivity contribution in [2.75, 3.05) is 0 Å². The average molecular weight is 252 g/mol. The zero-order valence-electron chi connectivity index (χ0n) is 10.8. The molecule has 1 aromatic heterocycles. The Morgan fingerprint density at radius 2 is 2.00 bits per heavy atom. The van der Waals surface area contributed by atoms with E-state index in [0.717, 1.165) is 18.0 Å². The second-order valence-corrected chi connectivity index (χ2v) is 6.13. The van der Waals surface area contributed by atoms with E-state index < -0.39 is 0 Å². The highest BCUT2D eigenvalue weighted by atomic mass is 35.5. The van der Waals surface area contributed by atoms with Gasteiger partial charge in [-0.15, -0.1) is 11.6 Å². The molecule has 0 bridgehead atoms. The molecular formula is C15H22ClN. The fourth-order valence-corrected chi connectivity index (χ4v) is 3.04. The summed E-state index contributed by atoms with van der Waals surface area (Å²) in [5.41, 5.74) is 2.35. The maximum absolute atomic E-state index is 6.54. The molecule has 0 aromatic carbocycles. The number of aryl methyl sites for hydroxylation is 1. The zero-order valence-corrected chi connectivity index (χ0v) is 11.6. The maximum Gasteiger partial charge on any atom is 0.0419 e. The van der Waals surface area contributed by atoms with Gasteiger partial charge in [-0.05, 0) is 43.2 Å². The lowest BCUT2D eigenvalue weighted by Gasteiger charge is -2.29. The Labute approximate surface area is 110 Å². The lowest BCUT2D eigenvalue weighted by molar-refractivity contribution is 0.281. The Morgan fingerprint density at radius 1 is 1.29 bits per heavy atom. The van der Waals surface area contributed by atoms with Crippen molar-refractivity contribution in [3.05, 3.63) is 29.6 Å². The topological polar surface area (TPSA) is 12.9 Å². The monoisotopic (exact) mass is 251 g/mol. The molecule has 0 spiro atoms. The average Bonchev–Trinajstić information content (AvgIpc) is 2.33. The number of rotatable bonds is 3. The van der Waals surface area contributed by atoms with Crippen molar-refractivity contribution < 1.29 is 0 Å². The van der Waals surface area contributed by atoms with E-state index in [-0.39, 0.29) is 5.38 Å². The Morgan fingerprint density at radius 3 is 2.59 bits per heavy atom. The van der Waals surface area contributed by atoms with Crippen LogP contribution in [0, 0.1) is 18.8 Å². The van der Waals surface area contributed by atoms with Crippen molar-refractivity contribution in [1.82, 2.24) is 4.98 Å². The molecule has 0 N–H and O–H groups in total. The molecule has 2 heteroatoms. The Hall–Kier alpha value is -0.560. The molecule has 0 amide bonds. The molecule has 0 saturated heterocycles. The van der Waals surface area contributed by atoms with E-state index in [2.05, 4.69) is 31.0 Å². The first kappa shape index (κ1) is 12.9. The van der Waals surface area contributed by atoms with Crippen LogP contribution in [-0.4, -0.2) is 10.4 Å². The fraction of sp³-hybridized carbons (Fsp3) is 0.667. The Balaban J connectivity index is 1.88. The minimum Gasteiger partial charge on any atom is -0.261 e. The molecule has 1 aromatic rings. The molecule has 0 radical (unpaired) electrons. The van der Waals surface area contributed by atoms with Crippen molar-refractivity contribution in [1.29, 1.82) is 0 Å². The van der Waals surface area contributed by atoms with E-state index >= 15 is 0 Å². The van der Waals surface area contributed by atoms with Crippen molar-refractivity contribution in [3.8, 4) is 0 Å². The number of alkyl halides is 1. The van der Waals surface area contributed by atoms with E-state index in [0.29, 0.717) is 5.92 Å². The van der Waals surface area contributed by atoms with Crippen LogP contribution in [0.3, 0.4) is 0 Å². The summed E-state index contributed by atoms with van der Waals surface area (Å²) >= 11 is 6.54. The minimum absolute atomic E-state index is 0.262. The summed E-state index contributed by atoms with van der Waals surface area (Å²) in [5.74, 6) is 1.59. The lowest BCUT2D eigenvalue weighted by atomic mass is 9.80. The molecule has 1 nitrogen and oxygen atoms in total. The van der Waals surface area contributed by atoms with Crippen molar-refractivity contribution in [3.63, 3.8) is 0 Å². The fourth-order valence-electron chi connectivity index (χ4n) is 2.63. The molecule has 1 heterocycles. The third-order valence-corrected chi connectivity index (χ3v) is 4.46. The first-order chi connectivity index (χ1) is 8.15. The van der Waals surface area contributed by atoms with Gasteiger partial charge < -0.3 is 0 Å². The molecule has 1 fully saturated rings. The van der Waals surface area contributed by atoms with Gasteiger partial charge in [-0.25, -0.2) is 0 Å². The van der Waals surface area contributed by atoms with E-state index in [1.165, 1.54) is 31.2 Å². The van der Waals surface area contributed by atoms with Gasteiger partial charge >= 0.3 is 0 Å². The summed E-state index contributed by atoms with van der Waals surface area (Å²) in [6, 6.07) is 4.23. The molecule has 17 heavy (non-hydrogen) atoms. The molecule has 1 saturated carbocycles. The number of hydrogen-bond acceptors (Lipinski definition) is 1. The van der Waals surface area contributed by atoms with Crippen molar-refractivity contribution in [2.24, 2.45) is 11.8 Å². The predicted molar refractivity (Wildman–Crippen MR) is 73.4 cm³/mol. The van der Waals surface area contributed by atoms with Crippen LogP contribution >= 0.6 is 11.6 Å². The molecule has 94 valence electrons. The molecule has 0 aliphatic heterocycles. The molecular weight excluding hydrogens is 230 g/mol. The summed E-state index contributed by atoms with van der Waals surface area (Å²) in [5, 5.41) is 0.262. The Kier molecular flexibility index (Phi) is 4.44. The van der Waals surface area contributed by atoms with Crippen LogP contribution < -0.4 is 0 Å². The molecule has 2 rings (SSSR count). The van der Waals surface area contributed by atoms with Crippen LogP contribution in [0.15, 0.2) is 18.3 Å². The van der Waals surface area contributed by atoms with Crippen LogP contribution in [0.4, 0.5) is 0 Å². The van der Waals surface area contributed by atoms with Gasteiger partial charge in [0.25, 0.3) is 0 Å². The van der Waals surface area contributed by atoms with Gasteiger partial charge in [0, 0.05) is 23.7 Å². The zero-order chi connectivity index (χ0) is 12.3. The minimum atomic E-state index is 0.262. The highest BCUT2D eigenvalue weighted by Crippen LogP contribution is 2.33. The summed E-state index contributed by atoms with van der Waals surface area (Å²) in [7, 11) is 0. The van der Waals surface area contributed by atoms with Crippen LogP contribution in [0.5, 0.6) is 0 Å². The van der Waals surface area contributed by atoms with Gasteiger partial charge in [-0.3, -0.25) is 4.98 Å². The number of hydrogen-bond donors (Lipinski definition) is 0. The second-order valence-electron chi connectivity index (χ2n) is 5.57. The van der Waals surface area contributed by atoms with Gasteiger partial charge in [0.2, 0.25) is 0 Å². The highest BCUT2D eigenvalue weighted by molar-refractivity contribution is 6.20. The van der Waals surface area contributed by atoms with Gasteiger partial charge in [0.1, 0.15) is 0 Å². The van der Waals surface area contributed by atoms with Crippen LogP contribution in [0.2, 0.25) is 0 Å². The van der Waals surface area contributed by atoms with Gasteiger partial charge in [-0.1, -0.05) is 25.8 Å². The molecule has 1 aliphatic carbocycles. The van der Waals surface area contributed by atoms with Crippen molar-refractivity contribution in [2.45, 2.75) is 51.3 Å². The second kappa shape index (κ2) is 5.86. The van der Waals surface area contributed by atoms with E-state index in [1.54, 1.807) is 0 Å². The predicted octanol–water partition coefficient (Wildman–Crippen LogP) is 4.37. The van der Waals surface area contributed by atoms with Crippen LogP contribution in [0.25, 0.3) is 0 Å².